The van der Waals surface area contributed by atoms with E-state index < -0.39 is 0 Å². The number of rotatable bonds is 8. The zero-order valence-electron chi connectivity index (χ0n) is 39.9. The summed E-state index contributed by atoms with van der Waals surface area (Å²) >= 11 is 0. The van der Waals surface area contributed by atoms with Gasteiger partial charge in [-0.25, -0.2) is 4.98 Å². The molecule has 70 heavy (non-hydrogen) atoms. The van der Waals surface area contributed by atoms with Gasteiger partial charge >= 0.3 is 0 Å². The molecule has 0 aliphatic carbocycles. The van der Waals surface area contributed by atoms with Gasteiger partial charge in [0.05, 0.1) is 11.0 Å². The number of hydrogen-bond donors (Lipinski definition) is 0. The summed E-state index contributed by atoms with van der Waals surface area (Å²) in [4.78, 5) is 9.63. The van der Waals surface area contributed by atoms with Crippen LogP contribution < -0.4 is 14.5 Å². The number of aryl methyl sites for hydroxylation is 3. The molecule has 1 aliphatic heterocycles. The zero-order chi connectivity index (χ0) is 47.0. The maximum Gasteiger partial charge on any atom is 0.135 e. The third-order valence-electron chi connectivity index (χ3n) is 13.4. The number of ether oxygens (including phenoxy) is 1. The van der Waals surface area contributed by atoms with E-state index in [0.29, 0.717) is 11.5 Å². The van der Waals surface area contributed by atoms with Crippen LogP contribution in [0.5, 0.6) is 11.5 Å². The maximum absolute atomic E-state index is 6.84. The van der Waals surface area contributed by atoms with E-state index in [1.165, 1.54) is 33.0 Å². The summed E-state index contributed by atoms with van der Waals surface area (Å²) < 4.78 is 11.5. The summed E-state index contributed by atoms with van der Waals surface area (Å²) in [7, 11) is 0. The Morgan fingerprint density at radius 2 is 1.11 bits per heavy atom. The minimum Gasteiger partial charge on any atom is -0.509 e. The zero-order valence-corrected chi connectivity index (χ0v) is 42.2. The molecule has 0 fully saturated rings. The van der Waals surface area contributed by atoms with Gasteiger partial charge < -0.3 is 23.7 Å². The largest absolute Gasteiger partial charge is 0.509 e. The molecule has 3 aromatic heterocycles. The Balaban J connectivity index is 0.00000533. The van der Waals surface area contributed by atoms with E-state index in [0.717, 1.165) is 78.2 Å². The Bertz CT molecular complexity index is 3790. The van der Waals surface area contributed by atoms with Crippen LogP contribution in [0, 0.1) is 39.6 Å². The summed E-state index contributed by atoms with van der Waals surface area (Å²) in [5, 5.41) is 4.53. The Morgan fingerprint density at radius 3 is 1.80 bits per heavy atom. The average molecular weight is 1090 g/mol. The van der Waals surface area contributed by atoms with Gasteiger partial charge in [0.15, 0.2) is 0 Å². The van der Waals surface area contributed by atoms with E-state index in [2.05, 4.69) is 243 Å². The number of benzene rings is 8. The van der Waals surface area contributed by atoms with Gasteiger partial charge in [-0.2, -0.15) is 12.1 Å². The van der Waals surface area contributed by atoms with Crippen LogP contribution in [0.2, 0.25) is 0 Å². The Kier molecular flexibility index (Phi) is 11.3. The molecule has 4 heterocycles. The number of para-hydroxylation sites is 2. The van der Waals surface area contributed by atoms with Gasteiger partial charge in [-0.3, -0.25) is 0 Å². The van der Waals surface area contributed by atoms with Crippen molar-refractivity contribution in [2.24, 2.45) is 0 Å². The van der Waals surface area contributed by atoms with Crippen molar-refractivity contribution in [1.29, 1.82) is 0 Å². The maximum atomic E-state index is 6.84. The molecule has 0 bridgehead atoms. The molecule has 0 atom stereocenters. The predicted molar refractivity (Wildman–Crippen MR) is 285 cm³/mol. The van der Waals surface area contributed by atoms with Crippen LogP contribution in [0.25, 0.3) is 66.5 Å². The first-order valence-corrected chi connectivity index (χ1v) is 23.6. The van der Waals surface area contributed by atoms with E-state index in [-0.39, 0.29) is 26.5 Å². The van der Waals surface area contributed by atoms with Gasteiger partial charge in [-0.1, -0.05) is 141 Å². The fourth-order valence-corrected chi connectivity index (χ4v) is 10.4. The summed E-state index contributed by atoms with van der Waals surface area (Å²) in [6.45, 7) is 15.5. The normalized spacial score (nSPS) is 13.0. The molecular weight excluding hydrogens is 1040 g/mol. The van der Waals surface area contributed by atoms with Gasteiger partial charge in [0.1, 0.15) is 5.82 Å². The monoisotopic (exact) mass is 1090 g/mol. The van der Waals surface area contributed by atoms with Gasteiger partial charge in [-0.15, -0.1) is 48.1 Å². The van der Waals surface area contributed by atoms with Crippen molar-refractivity contribution in [2.75, 3.05) is 9.80 Å². The molecule has 0 radical (unpaired) electrons. The van der Waals surface area contributed by atoms with Crippen molar-refractivity contribution in [2.45, 2.75) is 47.0 Å². The molecule has 0 spiro atoms. The number of anilines is 2. The average Bonchev–Trinajstić information content (AvgIpc) is 4.01. The minimum absolute atomic E-state index is 0. The van der Waals surface area contributed by atoms with Gasteiger partial charge in [0, 0.05) is 77.8 Å². The molecule has 0 saturated carbocycles. The van der Waals surface area contributed by atoms with Gasteiger partial charge in [-0.05, 0) is 102 Å². The molecule has 8 aromatic carbocycles. The van der Waals surface area contributed by atoms with E-state index in [1.807, 2.05) is 24.4 Å². The molecule has 0 unspecified atom stereocenters. The minimum atomic E-state index is -0.0787. The van der Waals surface area contributed by atoms with Crippen LogP contribution in [0.15, 0.2) is 188 Å². The number of hydrogen-bond acceptors (Lipinski definition) is 4. The van der Waals surface area contributed by atoms with E-state index in [9.17, 15) is 0 Å². The van der Waals surface area contributed by atoms with Crippen molar-refractivity contribution in [3.63, 3.8) is 0 Å². The summed E-state index contributed by atoms with van der Waals surface area (Å²) in [6.07, 6.45) is 1.92. The second kappa shape index (κ2) is 17.7. The predicted octanol–water partition coefficient (Wildman–Crippen LogP) is 15.9. The van der Waals surface area contributed by atoms with E-state index >= 15 is 0 Å². The number of fused-ring (bicyclic) bond motifs is 6. The van der Waals surface area contributed by atoms with Gasteiger partial charge in [0.25, 0.3) is 0 Å². The Morgan fingerprint density at radius 1 is 0.514 bits per heavy atom. The molecule has 12 rings (SSSR count). The van der Waals surface area contributed by atoms with Crippen molar-refractivity contribution in [1.82, 2.24) is 14.1 Å². The number of nitrogens with zero attached hydrogens (tertiary/aromatic N) is 5. The molecule has 0 N–H and O–H groups in total. The van der Waals surface area contributed by atoms with Crippen molar-refractivity contribution < 1.29 is 25.8 Å². The van der Waals surface area contributed by atoms with Crippen LogP contribution in [0.3, 0.4) is 0 Å². The fourth-order valence-electron chi connectivity index (χ4n) is 10.4. The third-order valence-corrected chi connectivity index (χ3v) is 13.4. The number of aromatic nitrogens is 3. The molecule has 0 amide bonds. The summed E-state index contributed by atoms with van der Waals surface area (Å²) in [5.74, 6) is 1.99. The molecule has 11 aromatic rings. The second-order valence-corrected chi connectivity index (χ2v) is 19.2. The van der Waals surface area contributed by atoms with Crippen LogP contribution >= 0.6 is 0 Å². The SMILES string of the molecule is Cc1cc(C)c(N2[CH-]N(c3[c-]c(Oc4[c-]c5c(cc4)c4cc6c(cc4n5-c4cc(C(C)(C)C)ccn4)c4ccccc4n6-c4ccccc4)ccc3)C(c3ccccc3)=C2c2ccccc2)c(C)c1.[Pt]. The number of pyridine rings is 1. The first-order chi connectivity index (χ1) is 33.6. The van der Waals surface area contributed by atoms with E-state index in [1.54, 1.807) is 0 Å². The van der Waals surface area contributed by atoms with Crippen LogP contribution in [-0.2, 0) is 26.5 Å². The fraction of sp³-hybridized carbons (Fsp3) is 0.111. The summed E-state index contributed by atoms with van der Waals surface area (Å²) in [5.41, 5.74) is 16.5. The van der Waals surface area contributed by atoms with Crippen LogP contribution in [0.4, 0.5) is 11.4 Å². The van der Waals surface area contributed by atoms with Crippen LogP contribution in [0.1, 0.15) is 54.2 Å². The molecule has 0 saturated heterocycles. The van der Waals surface area contributed by atoms with Crippen molar-refractivity contribution in [3.8, 4) is 23.0 Å². The van der Waals surface area contributed by atoms with Crippen LogP contribution in [-0.4, -0.2) is 14.1 Å². The Hall–Kier alpha value is -7.66. The summed E-state index contributed by atoms with van der Waals surface area (Å²) in [6, 6.07) is 71.9. The quantitative estimate of drug-likeness (QED) is 0.142. The topological polar surface area (TPSA) is 38.5 Å². The van der Waals surface area contributed by atoms with Crippen molar-refractivity contribution >= 4 is 66.4 Å². The van der Waals surface area contributed by atoms with Crippen molar-refractivity contribution in [3.05, 3.63) is 240 Å². The van der Waals surface area contributed by atoms with Gasteiger partial charge in [0.2, 0.25) is 0 Å². The standard InChI is InChI=1S/C63H50N5O.Pt/c1-41-33-42(2)60(43(3)34-41)66-40-65(61(44-19-10-7-11-20-44)62(66)45-21-12-8-13-22-45)48-25-18-26-49(36-48)69-50-29-30-52-54-38-57-53(51-27-16-17-28-55(51)67(57)47-23-14-9-15-24-47)39-58(54)68(56(52)37-50)59-35-46(31-32-64-59)63(4,5)6;/h7-35,38-40H,1-6H3;/q-3;. The third kappa shape index (κ3) is 7.68. The Labute approximate surface area is 424 Å². The smallest absolute Gasteiger partial charge is 0.135 e. The van der Waals surface area contributed by atoms with E-state index in [4.69, 9.17) is 9.72 Å². The second-order valence-electron chi connectivity index (χ2n) is 19.2. The molecule has 1 aliphatic rings. The first kappa shape index (κ1) is 44.8. The molecule has 6 nitrogen and oxygen atoms in total. The molecular formula is C63H50N5OPt-3. The molecule has 346 valence electrons. The molecule has 7 heteroatoms. The first-order valence-electron chi connectivity index (χ1n) is 23.6.